The van der Waals surface area contributed by atoms with Gasteiger partial charge in [-0.25, -0.2) is 4.39 Å². The number of aldehydes is 1. The SMILES string of the molecule is O=CCc1cc(F)ccc1C(F)(F)F. The third-order valence-electron chi connectivity index (χ3n) is 1.68. The molecule has 1 aromatic carbocycles. The van der Waals surface area contributed by atoms with Gasteiger partial charge in [-0.1, -0.05) is 0 Å². The lowest BCUT2D eigenvalue weighted by Gasteiger charge is -2.10. The average molecular weight is 206 g/mol. The standard InChI is InChI=1S/C9H6F4O/c10-7-1-2-8(9(11,12)13)6(5-7)3-4-14/h1-2,4-5H,3H2. The number of carbonyl (C=O) groups is 1. The van der Waals surface area contributed by atoms with Gasteiger partial charge in [0.05, 0.1) is 5.56 Å². The molecule has 14 heavy (non-hydrogen) atoms. The number of carbonyl (C=O) groups excluding carboxylic acids is 1. The van der Waals surface area contributed by atoms with E-state index in [0.717, 1.165) is 12.1 Å². The zero-order valence-corrected chi connectivity index (χ0v) is 6.94. The summed E-state index contributed by atoms with van der Waals surface area (Å²) in [4.78, 5) is 10.1. The first-order valence-corrected chi connectivity index (χ1v) is 3.74. The largest absolute Gasteiger partial charge is 0.416 e. The number of hydrogen-bond donors (Lipinski definition) is 0. The number of hydrogen-bond acceptors (Lipinski definition) is 1. The Balaban J connectivity index is 3.21. The van der Waals surface area contributed by atoms with E-state index in [1.54, 1.807) is 0 Å². The van der Waals surface area contributed by atoms with Gasteiger partial charge in [-0.3, -0.25) is 0 Å². The van der Waals surface area contributed by atoms with Crippen LogP contribution >= 0.6 is 0 Å². The molecule has 0 fully saturated rings. The van der Waals surface area contributed by atoms with Crippen LogP contribution in [0.2, 0.25) is 0 Å². The quantitative estimate of drug-likeness (QED) is 0.537. The van der Waals surface area contributed by atoms with E-state index in [0.29, 0.717) is 12.4 Å². The predicted octanol–water partition coefficient (Wildman–Crippen LogP) is 2.59. The van der Waals surface area contributed by atoms with Crippen LogP contribution in [0.1, 0.15) is 11.1 Å². The highest BCUT2D eigenvalue weighted by Gasteiger charge is 2.33. The smallest absolute Gasteiger partial charge is 0.303 e. The van der Waals surface area contributed by atoms with Crippen molar-refractivity contribution < 1.29 is 22.4 Å². The summed E-state index contributed by atoms with van der Waals surface area (Å²) in [5.74, 6) is -0.783. The maximum Gasteiger partial charge on any atom is 0.416 e. The predicted molar refractivity (Wildman–Crippen MR) is 41.2 cm³/mol. The molecular weight excluding hydrogens is 200 g/mol. The molecule has 0 spiro atoms. The Labute approximate surface area is 77.3 Å². The zero-order chi connectivity index (χ0) is 10.8. The van der Waals surface area contributed by atoms with Gasteiger partial charge in [0, 0.05) is 6.42 Å². The van der Waals surface area contributed by atoms with Crippen LogP contribution in [0.4, 0.5) is 17.6 Å². The van der Waals surface area contributed by atoms with Gasteiger partial charge < -0.3 is 4.79 Å². The lowest BCUT2D eigenvalue weighted by atomic mass is 10.0. The second kappa shape index (κ2) is 3.77. The molecule has 5 heteroatoms. The minimum absolute atomic E-state index is 0.310. The fourth-order valence-corrected chi connectivity index (χ4v) is 1.10. The third-order valence-corrected chi connectivity index (χ3v) is 1.68. The van der Waals surface area contributed by atoms with Gasteiger partial charge in [-0.15, -0.1) is 0 Å². The van der Waals surface area contributed by atoms with Gasteiger partial charge in [0.15, 0.2) is 0 Å². The molecule has 1 rings (SSSR count). The molecule has 0 amide bonds. The normalized spacial score (nSPS) is 11.4. The molecule has 0 radical (unpaired) electrons. The van der Waals surface area contributed by atoms with Gasteiger partial charge in [0.25, 0.3) is 0 Å². The van der Waals surface area contributed by atoms with Gasteiger partial charge >= 0.3 is 6.18 Å². The van der Waals surface area contributed by atoms with Gasteiger partial charge in [0.1, 0.15) is 12.1 Å². The first-order chi connectivity index (χ1) is 6.45. The van der Waals surface area contributed by atoms with Crippen molar-refractivity contribution in [3.05, 3.63) is 35.1 Å². The summed E-state index contributed by atoms with van der Waals surface area (Å²) < 4.78 is 49.4. The van der Waals surface area contributed by atoms with Crippen LogP contribution in [0.15, 0.2) is 18.2 Å². The van der Waals surface area contributed by atoms with Crippen LogP contribution in [0.25, 0.3) is 0 Å². The minimum Gasteiger partial charge on any atom is -0.303 e. The Morgan fingerprint density at radius 3 is 2.43 bits per heavy atom. The lowest BCUT2D eigenvalue weighted by molar-refractivity contribution is -0.138. The molecule has 1 nitrogen and oxygen atoms in total. The molecule has 0 atom stereocenters. The maximum atomic E-state index is 12.6. The summed E-state index contributed by atoms with van der Waals surface area (Å²) >= 11 is 0. The molecule has 0 heterocycles. The van der Waals surface area contributed by atoms with Crippen LogP contribution in [0.5, 0.6) is 0 Å². The van der Waals surface area contributed by atoms with E-state index in [2.05, 4.69) is 0 Å². The Kier molecular flexibility index (Phi) is 2.88. The van der Waals surface area contributed by atoms with E-state index in [9.17, 15) is 22.4 Å². The summed E-state index contributed by atoms with van der Waals surface area (Å²) in [6.45, 7) is 0. The Morgan fingerprint density at radius 2 is 1.93 bits per heavy atom. The van der Waals surface area contributed by atoms with Crippen molar-refractivity contribution in [3.8, 4) is 0 Å². The zero-order valence-electron chi connectivity index (χ0n) is 6.94. The first-order valence-electron chi connectivity index (χ1n) is 3.74. The minimum atomic E-state index is -4.55. The van der Waals surface area contributed by atoms with Gasteiger partial charge in [-0.05, 0) is 23.8 Å². The third kappa shape index (κ3) is 2.31. The Hall–Kier alpha value is -1.39. The van der Waals surface area contributed by atoms with Crippen molar-refractivity contribution >= 4 is 6.29 Å². The molecule has 0 saturated heterocycles. The van der Waals surface area contributed by atoms with Gasteiger partial charge in [0.2, 0.25) is 0 Å². The van der Waals surface area contributed by atoms with E-state index >= 15 is 0 Å². The molecule has 0 saturated carbocycles. The van der Waals surface area contributed by atoms with Crippen molar-refractivity contribution in [2.75, 3.05) is 0 Å². The highest BCUT2D eigenvalue weighted by molar-refractivity contribution is 5.56. The van der Waals surface area contributed by atoms with E-state index in [1.165, 1.54) is 0 Å². The van der Waals surface area contributed by atoms with Crippen molar-refractivity contribution in [2.24, 2.45) is 0 Å². The van der Waals surface area contributed by atoms with Crippen molar-refractivity contribution in [2.45, 2.75) is 12.6 Å². The molecule has 0 N–H and O–H groups in total. The molecule has 76 valence electrons. The molecule has 0 bridgehead atoms. The van der Waals surface area contributed by atoms with E-state index in [1.807, 2.05) is 0 Å². The lowest BCUT2D eigenvalue weighted by Crippen LogP contribution is -2.09. The van der Waals surface area contributed by atoms with Crippen molar-refractivity contribution in [3.63, 3.8) is 0 Å². The second-order valence-electron chi connectivity index (χ2n) is 2.67. The summed E-state index contributed by atoms with van der Waals surface area (Å²) in [5, 5.41) is 0. The molecule has 0 aliphatic carbocycles. The molecule has 0 aliphatic rings. The van der Waals surface area contributed by atoms with Crippen molar-refractivity contribution in [1.29, 1.82) is 0 Å². The number of rotatable bonds is 2. The summed E-state index contributed by atoms with van der Waals surface area (Å²) in [5.41, 5.74) is -1.31. The molecule has 0 aromatic heterocycles. The monoisotopic (exact) mass is 206 g/mol. The number of benzene rings is 1. The fourth-order valence-electron chi connectivity index (χ4n) is 1.10. The van der Waals surface area contributed by atoms with E-state index in [4.69, 9.17) is 0 Å². The highest BCUT2D eigenvalue weighted by Crippen LogP contribution is 2.32. The molecule has 0 unspecified atom stereocenters. The van der Waals surface area contributed by atoms with Crippen LogP contribution in [-0.4, -0.2) is 6.29 Å². The summed E-state index contributed by atoms with van der Waals surface area (Å²) in [6.07, 6.45) is -4.68. The maximum absolute atomic E-state index is 12.6. The summed E-state index contributed by atoms with van der Waals surface area (Å²) in [6, 6.07) is 2.07. The molecule has 0 aliphatic heterocycles. The number of alkyl halides is 3. The molecule has 1 aromatic rings. The Bertz CT molecular complexity index is 343. The second-order valence-corrected chi connectivity index (χ2v) is 2.67. The topological polar surface area (TPSA) is 17.1 Å². The van der Waals surface area contributed by atoms with Crippen LogP contribution in [0.3, 0.4) is 0 Å². The van der Waals surface area contributed by atoms with E-state index < -0.39 is 24.0 Å². The summed E-state index contributed by atoms with van der Waals surface area (Å²) in [7, 11) is 0. The fraction of sp³-hybridized carbons (Fsp3) is 0.222. The average Bonchev–Trinajstić information content (AvgIpc) is 2.02. The van der Waals surface area contributed by atoms with Crippen LogP contribution in [0, 0.1) is 5.82 Å². The van der Waals surface area contributed by atoms with Crippen LogP contribution in [-0.2, 0) is 17.4 Å². The van der Waals surface area contributed by atoms with E-state index in [-0.39, 0.29) is 5.56 Å². The number of halogens is 4. The van der Waals surface area contributed by atoms with Gasteiger partial charge in [-0.2, -0.15) is 13.2 Å². The van der Waals surface area contributed by atoms with Crippen molar-refractivity contribution in [1.82, 2.24) is 0 Å². The highest BCUT2D eigenvalue weighted by atomic mass is 19.4. The Morgan fingerprint density at radius 1 is 1.29 bits per heavy atom. The van der Waals surface area contributed by atoms with Crippen LogP contribution < -0.4 is 0 Å². The first kappa shape index (κ1) is 10.7. The molecular formula is C9H6F4O.